The number of aliphatic carboxylic acids is 1. The Morgan fingerprint density at radius 1 is 1.32 bits per heavy atom. The van der Waals surface area contributed by atoms with Crippen LogP contribution in [0.15, 0.2) is 24.3 Å². The third-order valence-corrected chi connectivity index (χ3v) is 2.93. The molecule has 1 rings (SSSR count). The van der Waals surface area contributed by atoms with Crippen molar-refractivity contribution in [1.82, 2.24) is 4.90 Å². The second-order valence-electron chi connectivity index (χ2n) is 4.54. The first-order chi connectivity index (χ1) is 8.78. The van der Waals surface area contributed by atoms with Crippen molar-refractivity contribution in [3.63, 3.8) is 0 Å². The second-order valence-corrected chi connectivity index (χ2v) is 4.54. The van der Waals surface area contributed by atoms with Crippen LogP contribution in [0, 0.1) is 11.3 Å². The number of rotatable bonds is 3. The quantitative estimate of drug-likeness (QED) is 0.868. The van der Waals surface area contributed by atoms with E-state index in [0.717, 1.165) is 4.90 Å². The van der Waals surface area contributed by atoms with Crippen LogP contribution in [-0.2, 0) is 4.79 Å². The van der Waals surface area contributed by atoms with E-state index in [1.54, 1.807) is 24.3 Å². The standard InChI is InChI=1S/C13H15N3O3/c1-13(2,11(17)18)16(3)12(19)15-10-6-4-9(8-14)5-7-10/h4-7H,1-3H3,(H,15,19)(H,17,18). The smallest absolute Gasteiger partial charge is 0.329 e. The molecule has 0 saturated carbocycles. The van der Waals surface area contributed by atoms with Gasteiger partial charge in [-0.3, -0.25) is 0 Å². The molecule has 0 fully saturated rings. The summed E-state index contributed by atoms with van der Waals surface area (Å²) in [6.45, 7) is 2.88. The molecule has 0 spiro atoms. The van der Waals surface area contributed by atoms with Crippen LogP contribution in [0.3, 0.4) is 0 Å². The highest BCUT2D eigenvalue weighted by molar-refractivity contribution is 5.93. The summed E-state index contributed by atoms with van der Waals surface area (Å²) in [4.78, 5) is 24.1. The van der Waals surface area contributed by atoms with Crippen LogP contribution in [0.2, 0.25) is 0 Å². The van der Waals surface area contributed by atoms with Gasteiger partial charge in [-0.05, 0) is 38.1 Å². The lowest BCUT2D eigenvalue weighted by atomic mass is 10.1. The SMILES string of the molecule is CN(C(=O)Nc1ccc(C#N)cc1)C(C)(C)C(=O)O. The van der Waals surface area contributed by atoms with Crippen molar-refractivity contribution in [1.29, 1.82) is 5.26 Å². The molecular weight excluding hydrogens is 246 g/mol. The maximum absolute atomic E-state index is 11.9. The molecule has 0 aliphatic rings. The summed E-state index contributed by atoms with van der Waals surface area (Å²) < 4.78 is 0. The number of hydrogen-bond acceptors (Lipinski definition) is 3. The number of carboxylic acids is 1. The third kappa shape index (κ3) is 3.22. The zero-order chi connectivity index (χ0) is 14.6. The minimum Gasteiger partial charge on any atom is -0.480 e. The van der Waals surface area contributed by atoms with Gasteiger partial charge in [0.1, 0.15) is 5.54 Å². The van der Waals surface area contributed by atoms with E-state index in [1.165, 1.54) is 20.9 Å². The third-order valence-electron chi connectivity index (χ3n) is 2.93. The van der Waals surface area contributed by atoms with Gasteiger partial charge in [0.15, 0.2) is 0 Å². The number of carbonyl (C=O) groups is 2. The Morgan fingerprint density at radius 3 is 2.26 bits per heavy atom. The second kappa shape index (κ2) is 5.40. The van der Waals surface area contributed by atoms with E-state index in [-0.39, 0.29) is 0 Å². The number of carboxylic acid groups (broad SMARTS) is 1. The fourth-order valence-electron chi connectivity index (χ4n) is 1.23. The largest absolute Gasteiger partial charge is 0.480 e. The molecule has 100 valence electrons. The van der Waals surface area contributed by atoms with Gasteiger partial charge in [0, 0.05) is 12.7 Å². The molecule has 0 heterocycles. The molecule has 0 unspecified atom stereocenters. The normalized spacial score (nSPS) is 10.4. The zero-order valence-corrected chi connectivity index (χ0v) is 11.0. The van der Waals surface area contributed by atoms with E-state index in [4.69, 9.17) is 10.4 Å². The number of nitriles is 1. The number of hydrogen-bond donors (Lipinski definition) is 2. The van der Waals surface area contributed by atoms with Crippen molar-refractivity contribution in [2.45, 2.75) is 19.4 Å². The summed E-state index contributed by atoms with van der Waals surface area (Å²) in [6.07, 6.45) is 0. The topological polar surface area (TPSA) is 93.4 Å². The summed E-state index contributed by atoms with van der Waals surface area (Å²) in [5, 5.41) is 20.3. The van der Waals surface area contributed by atoms with Gasteiger partial charge in [0.05, 0.1) is 11.6 Å². The van der Waals surface area contributed by atoms with E-state index >= 15 is 0 Å². The van der Waals surface area contributed by atoms with Crippen LogP contribution in [0.4, 0.5) is 10.5 Å². The first-order valence-electron chi connectivity index (χ1n) is 5.57. The average molecular weight is 261 g/mol. The molecule has 0 saturated heterocycles. The Hall–Kier alpha value is -2.55. The molecule has 6 heteroatoms. The number of nitrogens with one attached hydrogen (secondary N) is 1. The first-order valence-corrected chi connectivity index (χ1v) is 5.57. The van der Waals surface area contributed by atoms with Crippen molar-refractivity contribution in [3.05, 3.63) is 29.8 Å². The Kier molecular flexibility index (Phi) is 4.12. The Bertz CT molecular complexity index is 529. The summed E-state index contributed by atoms with van der Waals surface area (Å²) in [5.41, 5.74) is -0.328. The van der Waals surface area contributed by atoms with Crippen molar-refractivity contribution in [2.24, 2.45) is 0 Å². The van der Waals surface area contributed by atoms with Crippen molar-refractivity contribution >= 4 is 17.7 Å². The maximum Gasteiger partial charge on any atom is 0.329 e. The molecule has 0 aliphatic carbocycles. The lowest BCUT2D eigenvalue weighted by Crippen LogP contribution is -2.52. The molecule has 0 atom stereocenters. The molecule has 1 aromatic carbocycles. The van der Waals surface area contributed by atoms with Crippen LogP contribution >= 0.6 is 0 Å². The van der Waals surface area contributed by atoms with E-state index in [2.05, 4.69) is 5.32 Å². The van der Waals surface area contributed by atoms with Gasteiger partial charge in [0.2, 0.25) is 0 Å². The van der Waals surface area contributed by atoms with Gasteiger partial charge >= 0.3 is 12.0 Å². The van der Waals surface area contributed by atoms with Crippen molar-refractivity contribution in [2.75, 3.05) is 12.4 Å². The highest BCUT2D eigenvalue weighted by atomic mass is 16.4. The monoisotopic (exact) mass is 261 g/mol. The Balaban J connectivity index is 2.79. The molecule has 0 aromatic heterocycles. The number of benzene rings is 1. The lowest BCUT2D eigenvalue weighted by Gasteiger charge is -2.31. The minimum absolute atomic E-state index is 0.484. The maximum atomic E-state index is 11.9. The van der Waals surface area contributed by atoms with Crippen LogP contribution < -0.4 is 5.32 Å². The molecule has 6 nitrogen and oxygen atoms in total. The Labute approximate surface area is 111 Å². The van der Waals surface area contributed by atoms with Crippen LogP contribution in [0.25, 0.3) is 0 Å². The molecule has 2 N–H and O–H groups in total. The highest BCUT2D eigenvalue weighted by Gasteiger charge is 2.35. The van der Waals surface area contributed by atoms with Crippen molar-refractivity contribution < 1.29 is 14.7 Å². The predicted octanol–water partition coefficient (Wildman–Crippen LogP) is 1.89. The molecule has 1 aromatic rings. The summed E-state index contributed by atoms with van der Waals surface area (Å²) in [6, 6.07) is 7.74. The number of amides is 2. The van der Waals surface area contributed by atoms with E-state index in [1.807, 2.05) is 6.07 Å². The molecule has 2 amide bonds. The number of urea groups is 1. The lowest BCUT2D eigenvalue weighted by molar-refractivity contribution is -0.146. The van der Waals surface area contributed by atoms with Gasteiger partial charge in [0.25, 0.3) is 0 Å². The predicted molar refractivity (Wildman–Crippen MR) is 69.7 cm³/mol. The van der Waals surface area contributed by atoms with E-state index in [9.17, 15) is 9.59 Å². The number of anilines is 1. The highest BCUT2D eigenvalue weighted by Crippen LogP contribution is 2.15. The summed E-state index contributed by atoms with van der Waals surface area (Å²) in [5.74, 6) is -1.09. The van der Waals surface area contributed by atoms with Gasteiger partial charge in [-0.25, -0.2) is 9.59 Å². The number of nitrogens with zero attached hydrogens (tertiary/aromatic N) is 2. The molecule has 0 radical (unpaired) electrons. The average Bonchev–Trinajstić information content (AvgIpc) is 2.38. The van der Waals surface area contributed by atoms with Crippen LogP contribution in [0.1, 0.15) is 19.4 Å². The Morgan fingerprint density at radius 2 is 1.84 bits per heavy atom. The first kappa shape index (κ1) is 14.5. The van der Waals surface area contributed by atoms with Crippen LogP contribution in [0.5, 0.6) is 0 Å². The van der Waals surface area contributed by atoms with Gasteiger partial charge in [-0.1, -0.05) is 0 Å². The minimum atomic E-state index is -1.31. The summed E-state index contributed by atoms with van der Waals surface area (Å²) in [7, 11) is 1.41. The van der Waals surface area contributed by atoms with Gasteiger partial charge < -0.3 is 15.3 Å². The fourth-order valence-corrected chi connectivity index (χ4v) is 1.23. The molecule has 0 aliphatic heterocycles. The van der Waals surface area contributed by atoms with Gasteiger partial charge in [-0.2, -0.15) is 5.26 Å². The van der Waals surface area contributed by atoms with Crippen molar-refractivity contribution in [3.8, 4) is 6.07 Å². The molecule has 0 bridgehead atoms. The molecule has 19 heavy (non-hydrogen) atoms. The number of carbonyl (C=O) groups excluding carboxylic acids is 1. The zero-order valence-electron chi connectivity index (χ0n) is 11.0. The van der Waals surface area contributed by atoms with E-state index < -0.39 is 17.5 Å². The summed E-state index contributed by atoms with van der Waals surface area (Å²) >= 11 is 0. The number of likely N-dealkylation sites (N-methyl/N-ethyl adjacent to an activating group) is 1. The van der Waals surface area contributed by atoms with Gasteiger partial charge in [-0.15, -0.1) is 0 Å². The fraction of sp³-hybridized carbons (Fsp3) is 0.308. The molecular formula is C13H15N3O3. The van der Waals surface area contributed by atoms with Crippen LogP contribution in [-0.4, -0.2) is 34.6 Å². The van der Waals surface area contributed by atoms with E-state index in [0.29, 0.717) is 11.3 Å².